The average molecular weight is 702 g/mol. The number of carbonyl (C=O) groups excluding carboxylic acids is 1. The minimum absolute atomic E-state index is 0.119. The number of hydrogen-bond acceptors (Lipinski definition) is 8. The monoisotopic (exact) mass is 701 g/mol. The Balaban J connectivity index is 0.995. The van der Waals surface area contributed by atoms with E-state index in [0.717, 1.165) is 43.2 Å². The molecule has 1 aromatic heterocycles. The third-order valence-corrected chi connectivity index (χ3v) is 16.7. The van der Waals surface area contributed by atoms with Gasteiger partial charge in [0.05, 0.1) is 34.4 Å². The summed E-state index contributed by atoms with van der Waals surface area (Å²) in [5.74, 6) is 0.550. The first-order chi connectivity index (χ1) is 23.7. The van der Waals surface area contributed by atoms with Gasteiger partial charge in [0.25, 0.3) is 0 Å². The number of ether oxygens (including phenoxy) is 6. The summed E-state index contributed by atoms with van der Waals surface area (Å²) in [5.41, 5.74) is 1.15. The number of aromatic nitrogens is 1. The maximum Gasteiger partial charge on any atom is 0.187 e. The van der Waals surface area contributed by atoms with Gasteiger partial charge in [0.1, 0.15) is 30.0 Å². The number of nitrogens with one attached hydrogen (secondary N) is 1. The number of benzene rings is 1. The van der Waals surface area contributed by atoms with E-state index in [4.69, 9.17) is 28.4 Å². The van der Waals surface area contributed by atoms with Gasteiger partial charge < -0.3 is 38.5 Å². The second-order valence-corrected chi connectivity index (χ2v) is 20.5. The van der Waals surface area contributed by atoms with Crippen LogP contribution in [0, 0.1) is 23.2 Å². The Kier molecular flexibility index (Phi) is 5.74. The molecule has 9 nitrogen and oxygen atoms in total. The summed E-state index contributed by atoms with van der Waals surface area (Å²) in [4.78, 5) is 18.3. The third-order valence-electron chi connectivity index (χ3n) is 16.7. The molecular formula is C42H55NO8. The molecule has 0 radical (unpaired) electrons. The molecule has 6 heterocycles. The molecule has 276 valence electrons. The van der Waals surface area contributed by atoms with Gasteiger partial charge in [0.2, 0.25) is 0 Å². The first-order valence-corrected chi connectivity index (χ1v) is 19.7. The van der Waals surface area contributed by atoms with Crippen LogP contribution in [-0.4, -0.2) is 86.3 Å². The van der Waals surface area contributed by atoms with Crippen LogP contribution in [-0.2, 0) is 46.7 Å². The van der Waals surface area contributed by atoms with E-state index in [1.54, 1.807) is 0 Å². The van der Waals surface area contributed by atoms with E-state index in [9.17, 15) is 9.90 Å². The number of hydrogen-bond donors (Lipinski definition) is 2. The Morgan fingerprint density at radius 1 is 0.765 bits per heavy atom. The summed E-state index contributed by atoms with van der Waals surface area (Å²) in [6.07, 6.45) is 3.08. The van der Waals surface area contributed by atoms with E-state index < -0.39 is 39.7 Å². The number of aromatic amines is 1. The Morgan fingerprint density at radius 3 is 2.22 bits per heavy atom. The highest BCUT2D eigenvalue weighted by molar-refractivity contribution is 6.06. The topological polar surface area (TPSA) is 115 Å². The Labute approximate surface area is 300 Å². The fourth-order valence-corrected chi connectivity index (χ4v) is 14.1. The van der Waals surface area contributed by atoms with Gasteiger partial charge in [-0.2, -0.15) is 0 Å². The van der Waals surface area contributed by atoms with Crippen molar-refractivity contribution in [3.63, 3.8) is 0 Å². The summed E-state index contributed by atoms with van der Waals surface area (Å²) >= 11 is 0. The molecule has 4 aliphatic carbocycles. The lowest BCUT2D eigenvalue weighted by molar-refractivity contribution is -0.356. The number of epoxide rings is 2. The highest BCUT2D eigenvalue weighted by Gasteiger charge is 2.87. The van der Waals surface area contributed by atoms with Crippen LogP contribution in [0.2, 0.25) is 0 Å². The minimum atomic E-state index is -1.13. The van der Waals surface area contributed by atoms with Crippen molar-refractivity contribution in [2.24, 2.45) is 23.2 Å². The fourth-order valence-electron chi connectivity index (χ4n) is 14.1. The molecule has 3 unspecified atom stereocenters. The van der Waals surface area contributed by atoms with Gasteiger partial charge in [-0.1, -0.05) is 13.8 Å². The number of fused-ring (bicyclic) bond motifs is 12. The number of H-pyrrole nitrogens is 1. The van der Waals surface area contributed by atoms with Crippen LogP contribution >= 0.6 is 0 Å². The van der Waals surface area contributed by atoms with Crippen molar-refractivity contribution >= 4 is 16.7 Å². The molecule has 5 aliphatic heterocycles. The Bertz CT molecular complexity index is 1940. The van der Waals surface area contributed by atoms with Crippen molar-refractivity contribution < 1.29 is 38.3 Å². The third kappa shape index (κ3) is 3.50. The molecular weight excluding hydrogens is 646 g/mol. The highest BCUT2D eigenvalue weighted by Crippen LogP contribution is 2.75. The number of rotatable bonds is 1. The van der Waals surface area contributed by atoms with Gasteiger partial charge in [0.15, 0.2) is 17.7 Å². The molecule has 1 spiro atoms. The lowest BCUT2D eigenvalue weighted by Crippen LogP contribution is -2.77. The average Bonchev–Trinajstić information content (AvgIpc) is 3.83. The van der Waals surface area contributed by atoms with Crippen LogP contribution in [0.25, 0.3) is 10.9 Å². The van der Waals surface area contributed by atoms with Crippen LogP contribution in [0.15, 0.2) is 12.1 Å². The highest BCUT2D eigenvalue weighted by atomic mass is 16.8. The first kappa shape index (κ1) is 32.6. The maximum absolute atomic E-state index is 14.3. The summed E-state index contributed by atoms with van der Waals surface area (Å²) < 4.78 is 39.7. The SMILES string of the molecule is CC1(C)OC1[C@H]1O[C@@H]2[C@H](OC3CC[C@@]4(C)[C@@](O)(CCC5Cc6c([nH]c7ccc8c(c67)C[C@H]6[C@@H](C8=O)C(C)(C)OC6(C)C)[C@@]54C)[C@]34O[C@@H]24)C(C)(C)O1. The second-order valence-electron chi connectivity index (χ2n) is 20.5. The summed E-state index contributed by atoms with van der Waals surface area (Å²) in [6.45, 7) is 21.5. The minimum Gasteiger partial charge on any atom is -0.386 e. The maximum atomic E-state index is 14.3. The molecule has 2 saturated carbocycles. The molecule has 11 rings (SSSR count). The second kappa shape index (κ2) is 8.98. The molecule has 1 aromatic carbocycles. The van der Waals surface area contributed by atoms with Crippen LogP contribution in [0.5, 0.6) is 0 Å². The summed E-state index contributed by atoms with van der Waals surface area (Å²) in [7, 11) is 0. The number of aliphatic hydroxyl groups is 1. The lowest BCUT2D eigenvalue weighted by atomic mass is 9.40. The fraction of sp³-hybridized carbons (Fsp3) is 0.786. The van der Waals surface area contributed by atoms with Crippen LogP contribution in [0.4, 0.5) is 0 Å². The largest absolute Gasteiger partial charge is 0.386 e. The van der Waals surface area contributed by atoms with E-state index in [1.165, 1.54) is 22.2 Å². The Hall–Kier alpha value is -1.85. The zero-order valence-corrected chi connectivity index (χ0v) is 31.9. The molecule has 2 aromatic rings. The predicted molar refractivity (Wildman–Crippen MR) is 188 cm³/mol. The van der Waals surface area contributed by atoms with Gasteiger partial charge in [-0.05, 0) is 123 Å². The zero-order valence-electron chi connectivity index (χ0n) is 31.9. The summed E-state index contributed by atoms with van der Waals surface area (Å²) in [6, 6.07) is 4.19. The van der Waals surface area contributed by atoms with E-state index >= 15 is 0 Å². The molecule has 9 aliphatic rings. The van der Waals surface area contributed by atoms with E-state index in [1.807, 2.05) is 0 Å². The molecule has 0 amide bonds. The van der Waals surface area contributed by atoms with Gasteiger partial charge in [-0.25, -0.2) is 0 Å². The molecule has 2 N–H and O–H groups in total. The van der Waals surface area contributed by atoms with Crippen molar-refractivity contribution in [3.8, 4) is 0 Å². The molecule has 13 atom stereocenters. The Morgan fingerprint density at radius 2 is 1.49 bits per heavy atom. The van der Waals surface area contributed by atoms with Gasteiger partial charge in [-0.15, -0.1) is 0 Å². The first-order valence-electron chi connectivity index (χ1n) is 19.7. The molecule has 51 heavy (non-hydrogen) atoms. The molecule has 9 heteroatoms. The standard InChI is InChI=1S/C42H55NO8/c1-35(2)23-18-21-20(28(44)27(23)36(3,4)51-35)11-12-24-26(21)22-17-19-13-16-41(45)39(9,40(19,10)30(22)43-24)15-14-25-42(41)32(49-42)29-31(46-25)37(5,6)50-34(47-29)33-38(7,8)48-33/h11-12,19,23,25,27,29,31-34,43,45H,13-18H2,1-10H3/t19?,23-,25?,27-,29+,31-,32-,33?,34-,39+,40+,41-,42-/m0/s1. The lowest BCUT2D eigenvalue weighted by Gasteiger charge is -2.66. The van der Waals surface area contributed by atoms with E-state index in [2.05, 4.69) is 86.4 Å². The van der Waals surface area contributed by atoms with Crippen molar-refractivity contribution in [2.45, 2.75) is 184 Å². The van der Waals surface area contributed by atoms with Gasteiger partial charge >= 0.3 is 0 Å². The molecule has 5 saturated heterocycles. The van der Waals surface area contributed by atoms with Gasteiger partial charge in [0, 0.05) is 38.9 Å². The van der Waals surface area contributed by atoms with Crippen LogP contribution < -0.4 is 0 Å². The predicted octanol–water partition coefficient (Wildman–Crippen LogP) is 6.08. The van der Waals surface area contributed by atoms with Crippen molar-refractivity contribution in [1.82, 2.24) is 4.98 Å². The smallest absolute Gasteiger partial charge is 0.187 e. The van der Waals surface area contributed by atoms with Crippen molar-refractivity contribution in [1.29, 1.82) is 0 Å². The van der Waals surface area contributed by atoms with E-state index in [0.29, 0.717) is 12.3 Å². The van der Waals surface area contributed by atoms with Crippen molar-refractivity contribution in [2.75, 3.05) is 0 Å². The summed E-state index contributed by atoms with van der Waals surface area (Å²) in [5, 5.41) is 14.7. The van der Waals surface area contributed by atoms with Crippen LogP contribution in [0.1, 0.15) is 122 Å². The quantitative estimate of drug-likeness (QED) is 0.344. The van der Waals surface area contributed by atoms with Gasteiger partial charge in [-0.3, -0.25) is 4.79 Å². The molecule has 0 bridgehead atoms. The number of ketones is 1. The zero-order chi connectivity index (χ0) is 35.8. The van der Waals surface area contributed by atoms with E-state index in [-0.39, 0.29) is 59.2 Å². The number of Topliss-reactive ketones (excluding diaryl/α,β-unsaturated/α-hetero) is 1. The normalized spacial score (nSPS) is 51.3. The molecule has 7 fully saturated rings. The number of carbonyl (C=O) groups is 1. The van der Waals surface area contributed by atoms with Crippen molar-refractivity contribution in [3.05, 3.63) is 34.5 Å². The van der Waals surface area contributed by atoms with Crippen LogP contribution in [0.3, 0.4) is 0 Å².